The van der Waals surface area contributed by atoms with Crippen LogP contribution >= 0.6 is 0 Å². The molecule has 1 heterocycles. The van der Waals surface area contributed by atoms with Crippen LogP contribution in [0.4, 0.5) is 0 Å². The monoisotopic (exact) mass is 188 g/mol. The van der Waals surface area contributed by atoms with Crippen molar-refractivity contribution < 1.29 is 4.74 Å². The molecule has 0 aliphatic rings. The Bertz CT molecular complexity index is 405. The van der Waals surface area contributed by atoms with Crippen LogP contribution in [0.5, 0.6) is 0 Å². The fourth-order valence-corrected chi connectivity index (χ4v) is 1.65. The summed E-state index contributed by atoms with van der Waals surface area (Å²) in [6, 6.07) is 11.3. The van der Waals surface area contributed by atoms with Crippen LogP contribution in [0.3, 0.4) is 0 Å². The molecule has 73 valence electrons. The summed E-state index contributed by atoms with van der Waals surface area (Å²) in [5, 5.41) is 1.25. The number of fused-ring (bicyclic) bond motifs is 1. The first kappa shape index (κ1) is 9.28. The van der Waals surface area contributed by atoms with E-state index >= 15 is 0 Å². The Balaban J connectivity index is 2.17. The number of benzene rings is 1. The Hall–Kier alpha value is -1.28. The maximum absolute atomic E-state index is 5.03. The molecule has 0 bridgehead atoms. The highest BCUT2D eigenvalue weighted by Gasteiger charge is 1.98. The van der Waals surface area contributed by atoms with Crippen molar-refractivity contribution in [2.45, 2.75) is 13.0 Å². The highest BCUT2D eigenvalue weighted by atomic mass is 16.5. The second kappa shape index (κ2) is 4.29. The fourth-order valence-electron chi connectivity index (χ4n) is 1.65. The van der Waals surface area contributed by atoms with Gasteiger partial charge in [0.25, 0.3) is 0 Å². The summed E-state index contributed by atoms with van der Waals surface area (Å²) in [7, 11) is 1.74. The van der Waals surface area contributed by atoms with Crippen molar-refractivity contribution >= 4 is 10.9 Å². The summed E-state index contributed by atoms with van der Waals surface area (Å²) >= 11 is 0. The van der Waals surface area contributed by atoms with E-state index in [1.807, 2.05) is 12.1 Å². The Morgan fingerprint density at radius 2 is 2.36 bits per heavy atom. The molecule has 0 spiro atoms. The summed E-state index contributed by atoms with van der Waals surface area (Å²) in [5.41, 5.74) is 1.28. The number of hydrogen-bond donors (Lipinski definition) is 0. The van der Waals surface area contributed by atoms with Gasteiger partial charge in [-0.3, -0.25) is 0 Å². The van der Waals surface area contributed by atoms with Crippen molar-refractivity contribution in [3.8, 4) is 0 Å². The molecule has 0 N–H and O–H groups in total. The Morgan fingerprint density at radius 3 is 3.21 bits per heavy atom. The van der Waals surface area contributed by atoms with E-state index in [1.54, 1.807) is 7.11 Å². The molecular formula is C12H14NO. The minimum absolute atomic E-state index is 0.818. The van der Waals surface area contributed by atoms with E-state index in [0.717, 1.165) is 19.6 Å². The van der Waals surface area contributed by atoms with Gasteiger partial charge in [0.1, 0.15) is 0 Å². The van der Waals surface area contributed by atoms with Crippen LogP contribution in [0, 0.1) is 6.07 Å². The summed E-state index contributed by atoms with van der Waals surface area (Å²) in [6.45, 7) is 1.83. The maximum Gasteiger partial charge on any atom is 0.0480 e. The second-order valence-corrected chi connectivity index (χ2v) is 3.34. The van der Waals surface area contributed by atoms with Crippen LogP contribution < -0.4 is 0 Å². The van der Waals surface area contributed by atoms with E-state index in [2.05, 4.69) is 29.0 Å². The molecule has 0 unspecified atom stereocenters. The molecule has 1 radical (unpaired) electrons. The summed E-state index contributed by atoms with van der Waals surface area (Å²) in [6.07, 6.45) is 3.17. The van der Waals surface area contributed by atoms with Crippen molar-refractivity contribution in [2.75, 3.05) is 13.7 Å². The molecule has 14 heavy (non-hydrogen) atoms. The lowest BCUT2D eigenvalue weighted by molar-refractivity contribution is 0.190. The molecule has 0 aliphatic heterocycles. The molecule has 2 rings (SSSR count). The normalized spacial score (nSPS) is 10.9. The van der Waals surface area contributed by atoms with Gasteiger partial charge >= 0.3 is 0 Å². The lowest BCUT2D eigenvalue weighted by Crippen LogP contribution is -1.99. The van der Waals surface area contributed by atoms with E-state index in [9.17, 15) is 0 Å². The smallest absolute Gasteiger partial charge is 0.0480 e. The number of rotatable bonds is 4. The first-order chi connectivity index (χ1) is 6.92. The zero-order valence-electron chi connectivity index (χ0n) is 8.36. The molecule has 0 amide bonds. The standard InChI is InChI=1S/C12H14NO/c1-14-10-4-8-13-9-7-11-5-2-3-6-12(11)13/h3,5-7,9H,4,8,10H2,1H3. The van der Waals surface area contributed by atoms with Crippen LogP contribution in [-0.4, -0.2) is 18.3 Å². The Labute approximate surface area is 84.1 Å². The molecule has 0 saturated carbocycles. The molecule has 2 aromatic rings. The number of nitrogens with zero attached hydrogens (tertiary/aromatic N) is 1. The zero-order valence-corrected chi connectivity index (χ0v) is 8.36. The molecule has 0 fully saturated rings. The van der Waals surface area contributed by atoms with Crippen molar-refractivity contribution in [2.24, 2.45) is 0 Å². The number of ether oxygens (including phenoxy) is 1. The lowest BCUT2D eigenvalue weighted by Gasteiger charge is -2.04. The van der Waals surface area contributed by atoms with E-state index in [-0.39, 0.29) is 0 Å². The molecule has 1 aromatic carbocycles. The third-order valence-corrected chi connectivity index (χ3v) is 2.36. The second-order valence-electron chi connectivity index (χ2n) is 3.34. The zero-order chi connectivity index (χ0) is 9.80. The first-order valence-corrected chi connectivity index (χ1v) is 4.85. The van der Waals surface area contributed by atoms with Gasteiger partial charge in [-0.25, -0.2) is 0 Å². The SMILES string of the molecule is COCCCn1ccc2c[c]ccc21. The molecule has 1 aromatic heterocycles. The number of aryl methyl sites for hydroxylation is 1. The molecule has 0 saturated heterocycles. The highest BCUT2D eigenvalue weighted by Crippen LogP contribution is 2.14. The predicted molar refractivity (Wildman–Crippen MR) is 57.3 cm³/mol. The van der Waals surface area contributed by atoms with Crippen LogP contribution in [0.2, 0.25) is 0 Å². The van der Waals surface area contributed by atoms with Gasteiger partial charge in [0, 0.05) is 37.4 Å². The topological polar surface area (TPSA) is 14.2 Å². The van der Waals surface area contributed by atoms with Crippen molar-refractivity contribution in [1.29, 1.82) is 0 Å². The van der Waals surface area contributed by atoms with Crippen LogP contribution in [0.15, 0.2) is 30.5 Å². The molecule has 0 atom stereocenters. The minimum Gasteiger partial charge on any atom is -0.385 e. The highest BCUT2D eigenvalue weighted by molar-refractivity contribution is 5.79. The third-order valence-electron chi connectivity index (χ3n) is 2.36. The number of hydrogen-bond acceptors (Lipinski definition) is 1. The first-order valence-electron chi connectivity index (χ1n) is 4.85. The van der Waals surface area contributed by atoms with Gasteiger partial charge in [0.15, 0.2) is 0 Å². The molecule has 2 nitrogen and oxygen atoms in total. The maximum atomic E-state index is 5.03. The predicted octanol–water partition coefficient (Wildman–Crippen LogP) is 2.48. The third kappa shape index (κ3) is 1.80. The average Bonchev–Trinajstić information content (AvgIpc) is 2.63. The van der Waals surface area contributed by atoms with Crippen molar-refractivity contribution in [3.05, 3.63) is 36.5 Å². The van der Waals surface area contributed by atoms with Gasteiger partial charge in [0.2, 0.25) is 0 Å². The lowest BCUT2D eigenvalue weighted by atomic mass is 10.2. The minimum atomic E-state index is 0.818. The van der Waals surface area contributed by atoms with Gasteiger partial charge in [-0.2, -0.15) is 0 Å². The van der Waals surface area contributed by atoms with E-state index in [0.29, 0.717) is 0 Å². The van der Waals surface area contributed by atoms with E-state index in [4.69, 9.17) is 4.74 Å². The van der Waals surface area contributed by atoms with Crippen molar-refractivity contribution in [3.63, 3.8) is 0 Å². The van der Waals surface area contributed by atoms with Gasteiger partial charge < -0.3 is 9.30 Å². The van der Waals surface area contributed by atoms with E-state index < -0.39 is 0 Å². The Morgan fingerprint density at radius 1 is 1.43 bits per heavy atom. The Kier molecular flexibility index (Phi) is 2.84. The van der Waals surface area contributed by atoms with Crippen LogP contribution in [-0.2, 0) is 11.3 Å². The van der Waals surface area contributed by atoms with Crippen LogP contribution in [0.1, 0.15) is 6.42 Å². The van der Waals surface area contributed by atoms with E-state index in [1.165, 1.54) is 10.9 Å². The summed E-state index contributed by atoms with van der Waals surface area (Å²) in [5.74, 6) is 0. The average molecular weight is 188 g/mol. The van der Waals surface area contributed by atoms with Gasteiger partial charge in [-0.05, 0) is 30.7 Å². The van der Waals surface area contributed by atoms with Gasteiger partial charge in [-0.15, -0.1) is 0 Å². The van der Waals surface area contributed by atoms with Crippen molar-refractivity contribution in [1.82, 2.24) is 4.57 Å². The fraction of sp³-hybridized carbons (Fsp3) is 0.333. The molecule has 2 heteroatoms. The quantitative estimate of drug-likeness (QED) is 0.672. The summed E-state index contributed by atoms with van der Waals surface area (Å²) in [4.78, 5) is 0. The number of methoxy groups -OCH3 is 1. The molecule has 0 aliphatic carbocycles. The van der Waals surface area contributed by atoms with Crippen LogP contribution in [0.25, 0.3) is 10.9 Å². The van der Waals surface area contributed by atoms with Gasteiger partial charge in [-0.1, -0.05) is 6.07 Å². The number of aromatic nitrogens is 1. The largest absolute Gasteiger partial charge is 0.385 e. The molecular weight excluding hydrogens is 174 g/mol. The van der Waals surface area contributed by atoms with Gasteiger partial charge in [0.05, 0.1) is 0 Å². The summed E-state index contributed by atoms with van der Waals surface area (Å²) < 4.78 is 7.28.